The van der Waals surface area contributed by atoms with Gasteiger partial charge in [0.15, 0.2) is 0 Å². The molecule has 4 heteroatoms. The fourth-order valence-corrected chi connectivity index (χ4v) is 0.879. The molecule has 0 bridgehead atoms. The van der Waals surface area contributed by atoms with Gasteiger partial charge < -0.3 is 9.47 Å². The molecular formula is C10H9NO3. The third-order valence-corrected chi connectivity index (χ3v) is 1.48. The number of aromatic nitrogens is 1. The molecule has 1 heterocycles. The van der Waals surface area contributed by atoms with Crippen LogP contribution in [0, 0.1) is 12.0 Å². The Kier molecular flexibility index (Phi) is 3.50. The first kappa shape index (κ1) is 10.1. The second-order valence-corrected chi connectivity index (χ2v) is 2.32. The largest absolute Gasteiger partial charge is 0.465 e. The van der Waals surface area contributed by atoms with E-state index in [-0.39, 0.29) is 0 Å². The molecule has 0 aliphatic rings. The Morgan fingerprint density at radius 2 is 2.29 bits per heavy atom. The molecule has 72 valence electrons. The van der Waals surface area contributed by atoms with Gasteiger partial charge in [0.2, 0.25) is 0 Å². The molecular weight excluding hydrogens is 182 g/mol. The standard InChI is InChI=1S/C10H9NO3/c1-13-7-5-9-8(10(12)14-2)4-3-6-11-9/h3-4,6H,1-2H3. The molecule has 0 saturated carbocycles. The summed E-state index contributed by atoms with van der Waals surface area (Å²) in [5, 5.41) is 0. The Balaban J connectivity index is 3.09. The molecule has 1 aromatic heterocycles. The molecule has 1 aromatic rings. The third kappa shape index (κ3) is 2.23. The quantitative estimate of drug-likeness (QED) is 0.487. The number of pyridine rings is 1. The zero-order valence-electron chi connectivity index (χ0n) is 7.90. The number of ether oxygens (including phenoxy) is 2. The Morgan fingerprint density at radius 3 is 2.93 bits per heavy atom. The van der Waals surface area contributed by atoms with Crippen molar-refractivity contribution < 1.29 is 14.3 Å². The molecule has 0 radical (unpaired) electrons. The summed E-state index contributed by atoms with van der Waals surface area (Å²) in [5.74, 6) is 2.13. The van der Waals surface area contributed by atoms with Gasteiger partial charge in [-0.1, -0.05) is 0 Å². The normalized spacial score (nSPS) is 8.43. The Labute approximate surface area is 81.9 Å². The Bertz CT molecular complexity index is 390. The van der Waals surface area contributed by atoms with Gasteiger partial charge in [-0.3, -0.25) is 0 Å². The highest BCUT2D eigenvalue weighted by Gasteiger charge is 2.10. The van der Waals surface area contributed by atoms with Gasteiger partial charge in [-0.05, 0) is 18.1 Å². The first-order valence-corrected chi connectivity index (χ1v) is 3.87. The van der Waals surface area contributed by atoms with Crippen LogP contribution in [-0.2, 0) is 9.47 Å². The van der Waals surface area contributed by atoms with Gasteiger partial charge in [0.05, 0.1) is 19.8 Å². The van der Waals surface area contributed by atoms with E-state index in [1.54, 1.807) is 18.3 Å². The lowest BCUT2D eigenvalue weighted by Gasteiger charge is -1.99. The van der Waals surface area contributed by atoms with Crippen LogP contribution < -0.4 is 0 Å². The second-order valence-electron chi connectivity index (χ2n) is 2.32. The molecule has 1 rings (SSSR count). The van der Waals surface area contributed by atoms with E-state index in [9.17, 15) is 4.79 Å². The minimum absolute atomic E-state index is 0.333. The number of nitrogens with zero attached hydrogens (tertiary/aromatic N) is 1. The van der Waals surface area contributed by atoms with Gasteiger partial charge in [0.1, 0.15) is 11.8 Å². The van der Waals surface area contributed by atoms with Gasteiger partial charge in [-0.25, -0.2) is 9.78 Å². The minimum Gasteiger partial charge on any atom is -0.465 e. The second kappa shape index (κ2) is 4.87. The van der Waals surface area contributed by atoms with Crippen molar-refractivity contribution in [3.05, 3.63) is 29.6 Å². The average molecular weight is 191 g/mol. The third-order valence-electron chi connectivity index (χ3n) is 1.48. The highest BCUT2D eigenvalue weighted by Crippen LogP contribution is 2.05. The van der Waals surface area contributed by atoms with E-state index in [0.717, 1.165) is 0 Å². The number of hydrogen-bond donors (Lipinski definition) is 0. The van der Waals surface area contributed by atoms with E-state index >= 15 is 0 Å². The molecule has 0 aliphatic carbocycles. The predicted octanol–water partition coefficient (Wildman–Crippen LogP) is 0.824. The lowest BCUT2D eigenvalue weighted by Crippen LogP contribution is -2.05. The van der Waals surface area contributed by atoms with E-state index in [0.29, 0.717) is 11.3 Å². The fraction of sp³-hybridized carbons (Fsp3) is 0.200. The number of carbonyl (C=O) groups is 1. The molecule has 4 nitrogen and oxygen atoms in total. The zero-order chi connectivity index (χ0) is 10.4. The predicted molar refractivity (Wildman–Crippen MR) is 49.5 cm³/mol. The number of esters is 1. The first-order valence-electron chi connectivity index (χ1n) is 3.87. The van der Waals surface area contributed by atoms with Crippen LogP contribution >= 0.6 is 0 Å². The van der Waals surface area contributed by atoms with Crippen molar-refractivity contribution in [3.8, 4) is 12.0 Å². The first-order chi connectivity index (χ1) is 6.79. The van der Waals surface area contributed by atoms with Crippen molar-refractivity contribution in [1.29, 1.82) is 0 Å². The van der Waals surface area contributed by atoms with Crippen LogP contribution in [0.1, 0.15) is 16.1 Å². The van der Waals surface area contributed by atoms with E-state index in [1.807, 2.05) is 0 Å². The van der Waals surface area contributed by atoms with Crippen molar-refractivity contribution in [2.75, 3.05) is 14.2 Å². The molecule has 0 saturated heterocycles. The van der Waals surface area contributed by atoms with E-state index in [4.69, 9.17) is 0 Å². The molecule has 0 spiro atoms. The lowest BCUT2D eigenvalue weighted by molar-refractivity contribution is 0.0600. The Hall–Kier alpha value is -2.02. The van der Waals surface area contributed by atoms with Gasteiger partial charge in [0, 0.05) is 6.20 Å². The van der Waals surface area contributed by atoms with Crippen LogP contribution in [0.3, 0.4) is 0 Å². The van der Waals surface area contributed by atoms with Crippen LogP contribution in [0.4, 0.5) is 0 Å². The van der Waals surface area contributed by atoms with Gasteiger partial charge in [-0.2, -0.15) is 0 Å². The van der Waals surface area contributed by atoms with Crippen molar-refractivity contribution in [1.82, 2.24) is 4.98 Å². The van der Waals surface area contributed by atoms with Crippen LogP contribution in [0.25, 0.3) is 0 Å². The monoisotopic (exact) mass is 191 g/mol. The fourth-order valence-electron chi connectivity index (χ4n) is 0.879. The molecule has 0 aromatic carbocycles. The smallest absolute Gasteiger partial charge is 0.340 e. The van der Waals surface area contributed by atoms with Crippen LogP contribution in [0.5, 0.6) is 0 Å². The zero-order valence-corrected chi connectivity index (χ0v) is 7.90. The number of rotatable bonds is 1. The minimum atomic E-state index is -0.460. The maximum atomic E-state index is 11.2. The van der Waals surface area contributed by atoms with Gasteiger partial charge >= 0.3 is 5.97 Å². The number of methoxy groups -OCH3 is 2. The number of carbonyl (C=O) groups excluding carboxylic acids is 1. The Morgan fingerprint density at radius 1 is 1.50 bits per heavy atom. The van der Waals surface area contributed by atoms with Crippen molar-refractivity contribution >= 4 is 5.97 Å². The molecule has 14 heavy (non-hydrogen) atoms. The van der Waals surface area contributed by atoms with Crippen LogP contribution in [-0.4, -0.2) is 25.2 Å². The summed E-state index contributed by atoms with van der Waals surface area (Å²) >= 11 is 0. The number of hydrogen-bond acceptors (Lipinski definition) is 4. The molecule has 0 unspecified atom stereocenters. The van der Waals surface area contributed by atoms with Crippen LogP contribution in [0.15, 0.2) is 18.3 Å². The molecule has 0 N–H and O–H groups in total. The van der Waals surface area contributed by atoms with E-state index in [2.05, 4.69) is 26.5 Å². The van der Waals surface area contributed by atoms with Gasteiger partial charge in [0.25, 0.3) is 0 Å². The maximum absolute atomic E-state index is 11.2. The van der Waals surface area contributed by atoms with E-state index < -0.39 is 5.97 Å². The summed E-state index contributed by atoms with van der Waals surface area (Å²) in [4.78, 5) is 15.2. The SMILES string of the molecule is COC#Cc1ncccc1C(=O)OC. The molecule has 0 atom stereocenters. The molecule has 0 fully saturated rings. The molecule has 0 amide bonds. The average Bonchev–Trinajstić information content (AvgIpc) is 2.25. The maximum Gasteiger partial charge on any atom is 0.340 e. The lowest BCUT2D eigenvalue weighted by atomic mass is 10.2. The summed E-state index contributed by atoms with van der Waals surface area (Å²) in [6.45, 7) is 0. The van der Waals surface area contributed by atoms with Crippen molar-refractivity contribution in [2.45, 2.75) is 0 Å². The van der Waals surface area contributed by atoms with E-state index in [1.165, 1.54) is 14.2 Å². The highest BCUT2D eigenvalue weighted by atomic mass is 16.5. The summed E-state index contributed by atoms with van der Waals surface area (Å²) < 4.78 is 9.13. The summed E-state index contributed by atoms with van der Waals surface area (Å²) in [6, 6.07) is 3.24. The van der Waals surface area contributed by atoms with Crippen molar-refractivity contribution in [3.63, 3.8) is 0 Å². The highest BCUT2D eigenvalue weighted by molar-refractivity contribution is 5.91. The van der Waals surface area contributed by atoms with Crippen LogP contribution in [0.2, 0.25) is 0 Å². The summed E-state index contributed by atoms with van der Waals surface area (Å²) in [5.41, 5.74) is 0.681. The molecule has 0 aliphatic heterocycles. The van der Waals surface area contributed by atoms with Gasteiger partial charge in [-0.15, -0.1) is 0 Å². The van der Waals surface area contributed by atoms with Crippen molar-refractivity contribution in [2.24, 2.45) is 0 Å². The topological polar surface area (TPSA) is 48.4 Å². The summed E-state index contributed by atoms with van der Waals surface area (Å²) in [7, 11) is 2.75. The summed E-state index contributed by atoms with van der Waals surface area (Å²) in [6.07, 6.45) is 3.91.